The minimum atomic E-state index is -2.58. The van der Waals surface area contributed by atoms with Crippen LogP contribution in [0.3, 0.4) is 0 Å². The van der Waals surface area contributed by atoms with Gasteiger partial charge in [0.2, 0.25) is 0 Å². The Morgan fingerprint density at radius 1 is 1.00 bits per heavy atom. The van der Waals surface area contributed by atoms with E-state index in [1.54, 1.807) is 0 Å². The molecule has 0 aromatic heterocycles. The van der Waals surface area contributed by atoms with E-state index >= 15 is 0 Å². The summed E-state index contributed by atoms with van der Waals surface area (Å²) in [7, 11) is -2.58. The van der Waals surface area contributed by atoms with Gasteiger partial charge in [-0.15, -0.1) is 0 Å². The summed E-state index contributed by atoms with van der Waals surface area (Å²) < 4.78 is 18.8. The molecule has 4 nitrogen and oxygen atoms in total. The molecule has 0 saturated carbocycles. The van der Waals surface area contributed by atoms with Crippen molar-refractivity contribution >= 4 is 18.7 Å². The zero-order chi connectivity index (χ0) is 21.6. The van der Waals surface area contributed by atoms with Crippen molar-refractivity contribution < 1.29 is 13.9 Å². The van der Waals surface area contributed by atoms with Crippen molar-refractivity contribution in [2.45, 2.75) is 70.4 Å². The SMILES string of the molecule is CC(OC1CCCCO1)C(N)CO[Si](c1ccccc1)(c1ccccc1)C(C)(C)C. The topological polar surface area (TPSA) is 53.7 Å². The first-order chi connectivity index (χ1) is 14.3. The standard InChI is InChI=1S/C25H37NO3Si/c1-20(29-24-17-11-12-18-27-24)23(26)19-28-30(25(2,3)4,21-13-7-5-8-14-21)22-15-9-6-10-16-22/h5-10,13-16,20,23-24H,11-12,17-19,26H2,1-4H3. The second-order valence-corrected chi connectivity index (χ2v) is 13.6. The van der Waals surface area contributed by atoms with E-state index in [0.717, 1.165) is 25.9 Å². The molecule has 1 heterocycles. The lowest BCUT2D eigenvalue weighted by molar-refractivity contribution is -0.189. The summed E-state index contributed by atoms with van der Waals surface area (Å²) in [5, 5.41) is 2.46. The smallest absolute Gasteiger partial charge is 0.261 e. The lowest BCUT2D eigenvalue weighted by Crippen LogP contribution is -2.67. The molecule has 1 aliphatic rings. The van der Waals surface area contributed by atoms with Crippen LogP contribution in [0.15, 0.2) is 60.7 Å². The van der Waals surface area contributed by atoms with Crippen LogP contribution in [0.25, 0.3) is 0 Å². The van der Waals surface area contributed by atoms with Crippen molar-refractivity contribution in [2.75, 3.05) is 13.2 Å². The summed E-state index contributed by atoms with van der Waals surface area (Å²) in [6, 6.07) is 21.1. The van der Waals surface area contributed by atoms with Crippen LogP contribution < -0.4 is 16.1 Å². The van der Waals surface area contributed by atoms with Crippen molar-refractivity contribution in [3.8, 4) is 0 Å². The second kappa shape index (κ2) is 10.2. The van der Waals surface area contributed by atoms with Gasteiger partial charge in [0, 0.05) is 6.61 Å². The molecular formula is C25H37NO3Si. The van der Waals surface area contributed by atoms with Gasteiger partial charge in [-0.3, -0.25) is 0 Å². The molecule has 1 aliphatic heterocycles. The molecule has 5 heteroatoms. The van der Waals surface area contributed by atoms with E-state index < -0.39 is 8.32 Å². The fourth-order valence-corrected chi connectivity index (χ4v) is 8.88. The third-order valence-electron chi connectivity index (χ3n) is 6.02. The van der Waals surface area contributed by atoms with Crippen molar-refractivity contribution in [1.29, 1.82) is 0 Å². The van der Waals surface area contributed by atoms with Gasteiger partial charge >= 0.3 is 0 Å². The number of ether oxygens (including phenoxy) is 2. The highest BCUT2D eigenvalue weighted by Crippen LogP contribution is 2.36. The minimum absolute atomic E-state index is 0.0635. The Hall–Kier alpha value is -1.50. The van der Waals surface area contributed by atoms with Crippen LogP contribution in [-0.4, -0.2) is 40.0 Å². The van der Waals surface area contributed by atoms with Gasteiger partial charge in [-0.05, 0) is 41.6 Å². The quantitative estimate of drug-likeness (QED) is 0.651. The maximum Gasteiger partial charge on any atom is 0.261 e. The molecule has 0 spiro atoms. The fourth-order valence-electron chi connectivity index (χ4n) is 4.28. The highest BCUT2D eigenvalue weighted by Gasteiger charge is 2.50. The van der Waals surface area contributed by atoms with E-state index in [1.165, 1.54) is 10.4 Å². The number of nitrogens with two attached hydrogens (primary N) is 1. The van der Waals surface area contributed by atoms with Gasteiger partial charge in [0.1, 0.15) is 0 Å². The summed E-state index contributed by atoms with van der Waals surface area (Å²) in [4.78, 5) is 0. The zero-order valence-electron chi connectivity index (χ0n) is 18.8. The maximum atomic E-state index is 6.93. The number of hydrogen-bond acceptors (Lipinski definition) is 4. The Kier molecular flexibility index (Phi) is 7.88. The Morgan fingerprint density at radius 2 is 1.57 bits per heavy atom. The number of benzene rings is 2. The average molecular weight is 428 g/mol. The molecule has 1 saturated heterocycles. The van der Waals surface area contributed by atoms with Crippen LogP contribution >= 0.6 is 0 Å². The summed E-state index contributed by atoms with van der Waals surface area (Å²) in [5.74, 6) is 0. The predicted molar refractivity (Wildman–Crippen MR) is 126 cm³/mol. The lowest BCUT2D eigenvalue weighted by atomic mass is 10.2. The van der Waals surface area contributed by atoms with Gasteiger partial charge in [-0.2, -0.15) is 0 Å². The van der Waals surface area contributed by atoms with Crippen LogP contribution in [0, 0.1) is 0 Å². The van der Waals surface area contributed by atoms with E-state index in [4.69, 9.17) is 19.6 Å². The summed E-state index contributed by atoms with van der Waals surface area (Å²) in [6.07, 6.45) is 2.91. The van der Waals surface area contributed by atoms with Crippen molar-refractivity contribution in [3.05, 3.63) is 60.7 Å². The number of rotatable bonds is 8. The van der Waals surface area contributed by atoms with Crippen molar-refractivity contribution in [1.82, 2.24) is 0 Å². The van der Waals surface area contributed by atoms with Crippen LogP contribution in [-0.2, 0) is 13.9 Å². The van der Waals surface area contributed by atoms with E-state index in [2.05, 4.69) is 81.4 Å². The average Bonchev–Trinajstić information content (AvgIpc) is 2.75. The maximum absolute atomic E-state index is 6.93. The molecule has 3 rings (SSSR count). The number of hydrogen-bond donors (Lipinski definition) is 1. The summed E-state index contributed by atoms with van der Waals surface area (Å²) in [6.45, 7) is 10.1. The molecular weight excluding hydrogens is 390 g/mol. The Labute approximate surface area is 182 Å². The molecule has 3 unspecified atom stereocenters. The normalized spacial score (nSPS) is 20.0. The molecule has 164 valence electrons. The monoisotopic (exact) mass is 427 g/mol. The van der Waals surface area contributed by atoms with Crippen LogP contribution in [0.4, 0.5) is 0 Å². The highest BCUT2D eigenvalue weighted by atomic mass is 28.4. The van der Waals surface area contributed by atoms with Crippen molar-refractivity contribution in [3.63, 3.8) is 0 Å². The first-order valence-electron chi connectivity index (χ1n) is 11.1. The van der Waals surface area contributed by atoms with Gasteiger partial charge in [0.05, 0.1) is 18.8 Å². The predicted octanol–water partition coefficient (Wildman–Crippen LogP) is 3.82. The minimum Gasteiger partial charge on any atom is -0.406 e. The van der Waals surface area contributed by atoms with Crippen LogP contribution in [0.2, 0.25) is 5.04 Å². The van der Waals surface area contributed by atoms with Crippen LogP contribution in [0.5, 0.6) is 0 Å². The lowest BCUT2D eigenvalue weighted by Gasteiger charge is -2.44. The van der Waals surface area contributed by atoms with E-state index in [0.29, 0.717) is 6.61 Å². The first kappa shape index (κ1) is 23.2. The molecule has 1 fully saturated rings. The zero-order valence-corrected chi connectivity index (χ0v) is 19.8. The van der Waals surface area contributed by atoms with E-state index in [-0.39, 0.29) is 23.5 Å². The molecule has 0 radical (unpaired) electrons. The molecule has 3 atom stereocenters. The van der Waals surface area contributed by atoms with Crippen molar-refractivity contribution in [2.24, 2.45) is 5.73 Å². The van der Waals surface area contributed by atoms with Gasteiger partial charge in [-0.25, -0.2) is 0 Å². The van der Waals surface area contributed by atoms with Gasteiger partial charge in [-0.1, -0.05) is 81.4 Å². The van der Waals surface area contributed by atoms with Gasteiger partial charge < -0.3 is 19.6 Å². The summed E-state index contributed by atoms with van der Waals surface area (Å²) >= 11 is 0. The molecule has 0 amide bonds. The third-order valence-corrected chi connectivity index (χ3v) is 11.0. The van der Waals surface area contributed by atoms with Gasteiger partial charge in [0.25, 0.3) is 8.32 Å². The molecule has 0 aliphatic carbocycles. The Morgan fingerprint density at radius 3 is 2.03 bits per heavy atom. The Balaban J connectivity index is 1.84. The fraction of sp³-hybridized carbons (Fsp3) is 0.520. The molecule has 0 bridgehead atoms. The summed E-state index contributed by atoms with van der Waals surface area (Å²) in [5.41, 5.74) is 6.56. The van der Waals surface area contributed by atoms with Gasteiger partial charge in [0.15, 0.2) is 6.29 Å². The van der Waals surface area contributed by atoms with Crippen LogP contribution in [0.1, 0.15) is 47.0 Å². The molecule has 30 heavy (non-hydrogen) atoms. The Bertz CT molecular complexity index is 717. The van der Waals surface area contributed by atoms with E-state index in [9.17, 15) is 0 Å². The van der Waals surface area contributed by atoms with E-state index in [1.807, 2.05) is 6.92 Å². The first-order valence-corrected chi connectivity index (χ1v) is 13.0. The second-order valence-electron chi connectivity index (χ2n) is 9.28. The largest absolute Gasteiger partial charge is 0.406 e. The molecule has 2 N–H and O–H groups in total. The molecule has 2 aromatic rings. The third kappa shape index (κ3) is 5.21. The highest BCUT2D eigenvalue weighted by molar-refractivity contribution is 6.99. The molecule has 2 aromatic carbocycles.